The molecular weight excluding hydrogens is 340 g/mol. The summed E-state index contributed by atoms with van der Waals surface area (Å²) in [5, 5.41) is 0. The fourth-order valence-corrected chi connectivity index (χ4v) is 2.90. The first-order chi connectivity index (χ1) is 13.1. The first-order valence-corrected chi connectivity index (χ1v) is 8.53. The molecule has 0 amide bonds. The van der Waals surface area contributed by atoms with Gasteiger partial charge in [-0.15, -0.1) is 0 Å². The second-order valence-corrected chi connectivity index (χ2v) is 6.21. The Hall–Kier alpha value is -3.66. The highest BCUT2D eigenvalue weighted by molar-refractivity contribution is 6.14. The summed E-state index contributed by atoms with van der Waals surface area (Å²) in [6.07, 6.45) is 1.70. The number of allylic oxidation sites excluding steroid dienone is 1. The molecule has 0 radical (unpaired) electrons. The van der Waals surface area contributed by atoms with E-state index >= 15 is 0 Å². The molecule has 3 aromatic rings. The maximum atomic E-state index is 12.5. The van der Waals surface area contributed by atoms with Gasteiger partial charge in [-0.1, -0.05) is 48.5 Å². The second kappa shape index (κ2) is 6.92. The monoisotopic (exact) mass is 356 g/mol. The molecule has 4 heteroatoms. The van der Waals surface area contributed by atoms with Crippen molar-refractivity contribution >= 4 is 17.8 Å². The van der Waals surface area contributed by atoms with Gasteiger partial charge >= 0.3 is 5.97 Å². The molecule has 1 aliphatic heterocycles. The number of rotatable bonds is 3. The minimum absolute atomic E-state index is 0.189. The van der Waals surface area contributed by atoms with Gasteiger partial charge in [-0.2, -0.15) is 0 Å². The number of Topliss-reactive ketones (excluding diaryl/α,β-unsaturated/α-hetero) is 1. The Morgan fingerprint density at radius 2 is 1.70 bits per heavy atom. The van der Waals surface area contributed by atoms with Gasteiger partial charge in [0, 0.05) is 6.07 Å². The fraction of sp³-hybridized carbons (Fsp3) is 0.0435. The van der Waals surface area contributed by atoms with Crippen LogP contribution < -0.4 is 9.47 Å². The lowest BCUT2D eigenvalue weighted by molar-refractivity contribution is 0.0733. The van der Waals surface area contributed by atoms with Crippen molar-refractivity contribution in [2.24, 2.45) is 0 Å². The van der Waals surface area contributed by atoms with E-state index in [9.17, 15) is 9.59 Å². The zero-order valence-corrected chi connectivity index (χ0v) is 14.6. The number of carbonyl (C=O) groups is 2. The van der Waals surface area contributed by atoms with Crippen LogP contribution in [-0.4, -0.2) is 11.8 Å². The van der Waals surface area contributed by atoms with E-state index in [1.807, 2.05) is 49.4 Å². The van der Waals surface area contributed by atoms with Crippen LogP contribution in [0.2, 0.25) is 0 Å². The van der Waals surface area contributed by atoms with E-state index in [0.717, 1.165) is 11.1 Å². The van der Waals surface area contributed by atoms with E-state index in [0.29, 0.717) is 22.6 Å². The third-order valence-corrected chi connectivity index (χ3v) is 4.31. The maximum absolute atomic E-state index is 12.5. The molecule has 27 heavy (non-hydrogen) atoms. The summed E-state index contributed by atoms with van der Waals surface area (Å²) in [6.45, 7) is 1.85. The van der Waals surface area contributed by atoms with Crippen LogP contribution in [0, 0.1) is 6.92 Å². The van der Waals surface area contributed by atoms with E-state index in [1.54, 1.807) is 36.4 Å². The smallest absolute Gasteiger partial charge is 0.343 e. The van der Waals surface area contributed by atoms with Crippen LogP contribution in [0.25, 0.3) is 6.08 Å². The molecule has 0 aromatic heterocycles. The van der Waals surface area contributed by atoms with Crippen LogP contribution in [0.4, 0.5) is 0 Å². The molecule has 1 aliphatic rings. The first kappa shape index (κ1) is 16.8. The van der Waals surface area contributed by atoms with Crippen molar-refractivity contribution in [2.45, 2.75) is 6.92 Å². The van der Waals surface area contributed by atoms with E-state index in [-0.39, 0.29) is 11.5 Å². The molecule has 0 atom stereocenters. The predicted octanol–water partition coefficient (Wildman–Crippen LogP) is 4.83. The van der Waals surface area contributed by atoms with E-state index in [4.69, 9.17) is 9.47 Å². The van der Waals surface area contributed by atoms with Gasteiger partial charge in [0.25, 0.3) is 0 Å². The second-order valence-electron chi connectivity index (χ2n) is 6.21. The van der Waals surface area contributed by atoms with Gasteiger partial charge in [0.2, 0.25) is 5.78 Å². The topological polar surface area (TPSA) is 52.6 Å². The summed E-state index contributed by atoms with van der Waals surface area (Å²) in [7, 11) is 0. The van der Waals surface area contributed by atoms with Crippen molar-refractivity contribution < 1.29 is 19.1 Å². The van der Waals surface area contributed by atoms with Crippen molar-refractivity contribution in [3.8, 4) is 11.5 Å². The molecule has 4 nitrogen and oxygen atoms in total. The number of hydrogen-bond acceptors (Lipinski definition) is 4. The molecule has 0 unspecified atom stereocenters. The number of hydrogen-bond donors (Lipinski definition) is 0. The van der Waals surface area contributed by atoms with E-state index < -0.39 is 5.97 Å². The van der Waals surface area contributed by atoms with Crippen molar-refractivity contribution in [3.63, 3.8) is 0 Å². The van der Waals surface area contributed by atoms with Crippen molar-refractivity contribution in [1.82, 2.24) is 0 Å². The minimum atomic E-state index is -0.447. The standard InChI is InChI=1S/C23H16O4/c1-15-7-5-6-10-18(15)23(25)26-17-11-12-19-20(14-17)27-21(22(19)24)13-16-8-3-2-4-9-16/h2-14H,1H3. The summed E-state index contributed by atoms with van der Waals surface area (Å²) in [5.74, 6) is 0.328. The highest BCUT2D eigenvalue weighted by Gasteiger charge is 2.28. The molecule has 132 valence electrons. The summed E-state index contributed by atoms with van der Waals surface area (Å²) >= 11 is 0. The average Bonchev–Trinajstić information content (AvgIpc) is 2.98. The average molecular weight is 356 g/mol. The Bertz CT molecular complexity index is 1060. The molecule has 0 N–H and O–H groups in total. The zero-order valence-electron chi connectivity index (χ0n) is 14.6. The molecule has 3 aromatic carbocycles. The van der Waals surface area contributed by atoms with Crippen molar-refractivity contribution in [1.29, 1.82) is 0 Å². The third-order valence-electron chi connectivity index (χ3n) is 4.31. The Morgan fingerprint density at radius 1 is 0.963 bits per heavy atom. The lowest BCUT2D eigenvalue weighted by Crippen LogP contribution is -2.10. The number of ketones is 1. The molecule has 1 heterocycles. The van der Waals surface area contributed by atoms with Crippen molar-refractivity contribution in [3.05, 3.63) is 101 Å². The van der Waals surface area contributed by atoms with Gasteiger partial charge in [-0.3, -0.25) is 4.79 Å². The Balaban J connectivity index is 1.57. The summed E-state index contributed by atoms with van der Waals surface area (Å²) in [6, 6.07) is 21.5. The summed E-state index contributed by atoms with van der Waals surface area (Å²) < 4.78 is 11.1. The van der Waals surface area contributed by atoms with Gasteiger partial charge < -0.3 is 9.47 Å². The predicted molar refractivity (Wildman–Crippen MR) is 102 cm³/mol. The number of carbonyl (C=O) groups excluding carboxylic acids is 2. The molecule has 0 fully saturated rings. The molecule has 4 rings (SSSR count). The van der Waals surface area contributed by atoms with Gasteiger partial charge in [-0.25, -0.2) is 4.79 Å². The van der Waals surface area contributed by atoms with Crippen LogP contribution in [-0.2, 0) is 0 Å². The van der Waals surface area contributed by atoms with Crippen LogP contribution in [0.5, 0.6) is 11.5 Å². The molecule has 0 bridgehead atoms. The van der Waals surface area contributed by atoms with Gasteiger partial charge in [-0.05, 0) is 42.3 Å². The first-order valence-electron chi connectivity index (χ1n) is 8.53. The largest absolute Gasteiger partial charge is 0.452 e. The van der Waals surface area contributed by atoms with Crippen LogP contribution >= 0.6 is 0 Å². The zero-order chi connectivity index (χ0) is 18.8. The number of aryl methyl sites for hydroxylation is 1. The lowest BCUT2D eigenvalue weighted by atomic mass is 10.1. The van der Waals surface area contributed by atoms with Gasteiger partial charge in [0.1, 0.15) is 11.5 Å². The third kappa shape index (κ3) is 3.37. The van der Waals surface area contributed by atoms with Crippen LogP contribution in [0.1, 0.15) is 31.8 Å². The summed E-state index contributed by atoms with van der Waals surface area (Å²) in [5.41, 5.74) is 2.66. The Kier molecular flexibility index (Phi) is 4.30. The Morgan fingerprint density at radius 3 is 2.48 bits per heavy atom. The van der Waals surface area contributed by atoms with E-state index in [2.05, 4.69) is 0 Å². The molecule has 0 saturated heterocycles. The normalized spacial score (nSPS) is 14.0. The lowest BCUT2D eigenvalue weighted by Gasteiger charge is -2.07. The van der Waals surface area contributed by atoms with Crippen LogP contribution in [0.3, 0.4) is 0 Å². The fourth-order valence-electron chi connectivity index (χ4n) is 2.90. The highest BCUT2D eigenvalue weighted by atomic mass is 16.5. The molecule has 0 aliphatic carbocycles. The molecular formula is C23H16O4. The number of benzene rings is 3. The van der Waals surface area contributed by atoms with Gasteiger partial charge in [0.15, 0.2) is 5.76 Å². The van der Waals surface area contributed by atoms with Crippen molar-refractivity contribution in [2.75, 3.05) is 0 Å². The maximum Gasteiger partial charge on any atom is 0.343 e. The minimum Gasteiger partial charge on any atom is -0.452 e. The van der Waals surface area contributed by atoms with Gasteiger partial charge in [0.05, 0.1) is 11.1 Å². The number of ether oxygens (including phenoxy) is 2. The van der Waals surface area contributed by atoms with E-state index in [1.165, 1.54) is 0 Å². The quantitative estimate of drug-likeness (QED) is 0.383. The molecule has 0 saturated carbocycles. The van der Waals surface area contributed by atoms with Crippen LogP contribution in [0.15, 0.2) is 78.6 Å². The number of esters is 1. The Labute approximate surface area is 156 Å². The highest BCUT2D eigenvalue weighted by Crippen LogP contribution is 2.35. The SMILES string of the molecule is Cc1ccccc1C(=O)Oc1ccc2c(c1)OC(=Cc1ccccc1)C2=O. The summed E-state index contributed by atoms with van der Waals surface area (Å²) in [4.78, 5) is 24.9. The molecule has 0 spiro atoms. The number of fused-ring (bicyclic) bond motifs is 1.